The highest BCUT2D eigenvalue weighted by atomic mass is 16.7. The third-order valence-corrected chi connectivity index (χ3v) is 8.23. The second kappa shape index (κ2) is 16.5. The van der Waals surface area contributed by atoms with Gasteiger partial charge in [-0.3, -0.25) is 19.3 Å². The number of nitrogen functional groups attached to an aromatic ring is 1. The molecule has 1 aliphatic rings. The number of benzene rings is 3. The molecule has 4 rings (SSSR count). The lowest BCUT2D eigenvalue weighted by molar-refractivity contribution is -0.233. The van der Waals surface area contributed by atoms with E-state index in [4.69, 9.17) is 29.4 Å². The number of aliphatic carboxylic acids is 3. The van der Waals surface area contributed by atoms with E-state index in [-0.39, 0.29) is 24.8 Å². The molecule has 15 nitrogen and oxygen atoms in total. The smallest absolute Gasteiger partial charge is 0.412 e. The van der Waals surface area contributed by atoms with Crippen molar-refractivity contribution in [3.05, 3.63) is 66.2 Å². The molecular weight excluding hydrogens is 644 g/mol. The fourth-order valence-corrected chi connectivity index (χ4v) is 5.86. The number of fused-ring (bicyclic) bond motifs is 1. The van der Waals surface area contributed by atoms with Crippen LogP contribution in [0.2, 0.25) is 0 Å². The molecule has 5 N–H and O–H groups in total. The Bertz CT molecular complexity index is 1670. The predicted molar refractivity (Wildman–Crippen MR) is 171 cm³/mol. The number of nitrogens with zero attached hydrogens (tertiary/aromatic N) is 1. The normalized spacial score (nSPS) is 20.2. The van der Waals surface area contributed by atoms with E-state index in [0.29, 0.717) is 17.9 Å². The van der Waals surface area contributed by atoms with Crippen molar-refractivity contribution >= 4 is 46.4 Å². The van der Waals surface area contributed by atoms with Gasteiger partial charge in [-0.15, -0.1) is 0 Å². The number of carboxylic acid groups (broad SMARTS) is 3. The molecule has 0 saturated carbocycles. The number of hydrogen-bond acceptors (Lipinski definition) is 11. The fraction of sp³-hybridized carbons (Fsp3) is 0.382. The molecule has 1 amide bonds. The summed E-state index contributed by atoms with van der Waals surface area (Å²) >= 11 is 0. The van der Waals surface area contributed by atoms with E-state index >= 15 is 0 Å². The van der Waals surface area contributed by atoms with Gasteiger partial charge in [-0.1, -0.05) is 42.5 Å². The standard InChI is InChI=1S/C34H38N2O13/c1-3-36(18-47-26-10-6-8-20-7-4-5-9-21(20)26)34(44)46-17-19-11-12-27(25(35)13-19)48-33-24(16-30(41)42)22(14-28(37)38)23(15-29(39)40)31(49-33)32(43)45-2/h4-13,22-24,31,33H,3,14-18,35H2,1-2H3,(H,37,38)(H,39,40)(H,41,42)/t22-,23-,24+,31-,33+/m0/s1. The van der Waals surface area contributed by atoms with Crippen molar-refractivity contribution in [1.29, 1.82) is 0 Å². The molecule has 0 unspecified atom stereocenters. The molecule has 262 valence electrons. The minimum absolute atomic E-state index is 0.00325. The number of anilines is 1. The number of ether oxygens (including phenoxy) is 5. The summed E-state index contributed by atoms with van der Waals surface area (Å²) in [6.45, 7) is 1.86. The summed E-state index contributed by atoms with van der Waals surface area (Å²) < 4.78 is 27.9. The van der Waals surface area contributed by atoms with E-state index in [1.807, 2.05) is 42.5 Å². The quantitative estimate of drug-likeness (QED) is 0.101. The first-order valence-corrected chi connectivity index (χ1v) is 15.4. The Hall–Kier alpha value is -5.57. The number of methoxy groups -OCH3 is 1. The summed E-state index contributed by atoms with van der Waals surface area (Å²) in [5.41, 5.74) is 6.75. The predicted octanol–water partition coefficient (Wildman–Crippen LogP) is 3.97. The molecule has 3 aromatic rings. The SMILES string of the molecule is CCN(COc1cccc2ccccc12)C(=O)OCc1ccc(O[C@@H]2O[C@H](C(=O)OC)[C@@H](CC(=O)O)[C@H](CC(=O)O)[C@H]2CC(=O)O)c(N)c1. The van der Waals surface area contributed by atoms with E-state index in [9.17, 15) is 39.3 Å². The molecule has 3 aromatic carbocycles. The Labute approximate surface area is 281 Å². The van der Waals surface area contributed by atoms with Crippen LogP contribution in [0.4, 0.5) is 10.5 Å². The van der Waals surface area contributed by atoms with Crippen molar-refractivity contribution in [1.82, 2.24) is 4.90 Å². The number of rotatable bonds is 15. The summed E-state index contributed by atoms with van der Waals surface area (Å²) in [5, 5.41) is 30.6. The zero-order valence-electron chi connectivity index (χ0n) is 26.9. The molecule has 1 heterocycles. The van der Waals surface area contributed by atoms with Gasteiger partial charge >= 0.3 is 30.0 Å². The molecule has 0 radical (unpaired) electrons. The van der Waals surface area contributed by atoms with Crippen LogP contribution in [0.25, 0.3) is 10.8 Å². The van der Waals surface area contributed by atoms with Crippen LogP contribution in [-0.4, -0.2) is 83.0 Å². The number of carboxylic acids is 3. The molecule has 0 aromatic heterocycles. The van der Waals surface area contributed by atoms with Crippen molar-refractivity contribution in [3.8, 4) is 11.5 Å². The second-order valence-electron chi connectivity index (χ2n) is 11.4. The molecule has 0 spiro atoms. The zero-order chi connectivity index (χ0) is 35.7. The zero-order valence-corrected chi connectivity index (χ0v) is 26.9. The Morgan fingerprint density at radius 2 is 1.49 bits per heavy atom. The van der Waals surface area contributed by atoms with Crippen LogP contribution in [-0.2, 0) is 40.0 Å². The lowest BCUT2D eigenvalue weighted by atomic mass is 9.71. The van der Waals surface area contributed by atoms with E-state index in [0.717, 1.165) is 17.9 Å². The summed E-state index contributed by atoms with van der Waals surface area (Å²) in [6.07, 6.45) is -5.71. The van der Waals surface area contributed by atoms with Crippen molar-refractivity contribution in [2.45, 2.75) is 45.2 Å². The van der Waals surface area contributed by atoms with Crippen LogP contribution in [0.15, 0.2) is 60.7 Å². The molecule has 0 aliphatic carbocycles. The Morgan fingerprint density at radius 1 is 0.837 bits per heavy atom. The van der Waals surface area contributed by atoms with Crippen molar-refractivity contribution in [2.24, 2.45) is 17.8 Å². The lowest BCUT2D eigenvalue weighted by Crippen LogP contribution is -2.54. The number of esters is 1. The largest absolute Gasteiger partial charge is 0.481 e. The maximum atomic E-state index is 12.9. The van der Waals surface area contributed by atoms with Gasteiger partial charge in [0.25, 0.3) is 0 Å². The van der Waals surface area contributed by atoms with E-state index in [2.05, 4.69) is 0 Å². The molecular formula is C34H38N2O13. The fourth-order valence-electron chi connectivity index (χ4n) is 5.86. The minimum atomic E-state index is -1.56. The maximum absolute atomic E-state index is 12.9. The highest BCUT2D eigenvalue weighted by Crippen LogP contribution is 2.43. The van der Waals surface area contributed by atoms with Gasteiger partial charge in [0, 0.05) is 30.2 Å². The van der Waals surface area contributed by atoms with Crippen molar-refractivity contribution < 1.29 is 63.0 Å². The highest BCUT2D eigenvalue weighted by Gasteiger charge is 2.51. The van der Waals surface area contributed by atoms with Crippen molar-refractivity contribution in [2.75, 3.05) is 26.1 Å². The number of amides is 1. The lowest BCUT2D eigenvalue weighted by Gasteiger charge is -2.44. The average molecular weight is 683 g/mol. The molecule has 49 heavy (non-hydrogen) atoms. The summed E-state index contributed by atoms with van der Waals surface area (Å²) in [6, 6.07) is 17.7. The number of nitrogens with two attached hydrogens (primary N) is 1. The number of carbonyl (C=O) groups is 5. The van der Waals surface area contributed by atoms with Gasteiger partial charge in [0.1, 0.15) is 18.1 Å². The van der Waals surface area contributed by atoms with E-state index in [1.165, 1.54) is 23.1 Å². The summed E-state index contributed by atoms with van der Waals surface area (Å²) in [4.78, 5) is 62.2. The van der Waals surface area contributed by atoms with Gasteiger partial charge in [0.05, 0.1) is 25.6 Å². The first-order valence-electron chi connectivity index (χ1n) is 15.4. The van der Waals surface area contributed by atoms with Crippen LogP contribution >= 0.6 is 0 Å². The van der Waals surface area contributed by atoms with Crippen LogP contribution in [0.1, 0.15) is 31.7 Å². The third kappa shape index (κ3) is 9.28. The molecule has 1 saturated heterocycles. The highest BCUT2D eigenvalue weighted by molar-refractivity contribution is 5.88. The first kappa shape index (κ1) is 36.3. The summed E-state index contributed by atoms with van der Waals surface area (Å²) in [7, 11) is 1.05. The van der Waals surface area contributed by atoms with Gasteiger partial charge in [0.2, 0.25) is 6.29 Å². The van der Waals surface area contributed by atoms with Gasteiger partial charge in [0.15, 0.2) is 12.8 Å². The second-order valence-corrected chi connectivity index (χ2v) is 11.4. The van der Waals surface area contributed by atoms with Gasteiger partial charge in [-0.05, 0) is 42.0 Å². The Kier molecular flexibility index (Phi) is 12.2. The van der Waals surface area contributed by atoms with Gasteiger partial charge in [-0.25, -0.2) is 9.59 Å². The van der Waals surface area contributed by atoms with Crippen LogP contribution in [0.5, 0.6) is 11.5 Å². The van der Waals surface area contributed by atoms with Crippen LogP contribution < -0.4 is 15.2 Å². The van der Waals surface area contributed by atoms with E-state index < -0.39 is 79.4 Å². The topological polar surface area (TPSA) is 221 Å². The monoisotopic (exact) mass is 682 g/mol. The van der Waals surface area contributed by atoms with Crippen LogP contribution in [0.3, 0.4) is 0 Å². The molecule has 1 aliphatic heterocycles. The molecule has 15 heteroatoms. The Balaban J connectivity index is 1.46. The average Bonchev–Trinajstić information content (AvgIpc) is 3.06. The third-order valence-electron chi connectivity index (χ3n) is 8.23. The van der Waals surface area contributed by atoms with Crippen molar-refractivity contribution in [3.63, 3.8) is 0 Å². The maximum Gasteiger partial charge on any atom is 0.412 e. The van der Waals surface area contributed by atoms with Crippen LogP contribution in [0, 0.1) is 17.8 Å². The molecule has 5 atom stereocenters. The first-order chi connectivity index (χ1) is 23.4. The van der Waals surface area contributed by atoms with Gasteiger partial charge in [-0.2, -0.15) is 0 Å². The molecule has 1 fully saturated rings. The molecule has 0 bridgehead atoms. The number of hydrogen-bond donors (Lipinski definition) is 4. The minimum Gasteiger partial charge on any atom is -0.481 e. The summed E-state index contributed by atoms with van der Waals surface area (Å²) in [5.74, 6) is -7.91. The number of carbonyl (C=O) groups excluding carboxylic acids is 2. The van der Waals surface area contributed by atoms with E-state index in [1.54, 1.807) is 6.92 Å². The Morgan fingerprint density at radius 3 is 2.14 bits per heavy atom. The van der Waals surface area contributed by atoms with Gasteiger partial charge < -0.3 is 44.7 Å².